The molecule has 10 heteroatoms. The Hall–Kier alpha value is -2.55. The van der Waals surface area contributed by atoms with Gasteiger partial charge in [-0.15, -0.1) is 0 Å². The summed E-state index contributed by atoms with van der Waals surface area (Å²) in [5.41, 5.74) is 0. The Bertz CT molecular complexity index is 1510. The first kappa shape index (κ1) is 72.5. The van der Waals surface area contributed by atoms with Crippen LogP contribution in [-0.4, -0.2) is 74.3 Å². The molecule has 0 aliphatic heterocycles. The highest BCUT2D eigenvalue weighted by Crippen LogP contribution is 2.43. The number of allylic oxidation sites excluding steroid dienone is 11. The molecule has 9 nitrogen and oxygen atoms in total. The molecule has 0 aliphatic rings. The number of quaternary nitrogens is 1. The first-order valence-corrected chi connectivity index (χ1v) is 32.8. The number of amides is 1. The summed E-state index contributed by atoms with van der Waals surface area (Å²) in [6.45, 7) is 6.96. The molecule has 0 heterocycles. The Morgan fingerprint density at radius 3 is 1.27 bits per heavy atom. The fourth-order valence-electron chi connectivity index (χ4n) is 8.74. The van der Waals surface area contributed by atoms with Gasteiger partial charge in [-0.1, -0.05) is 235 Å². The number of ether oxygens (including phenoxy) is 1. The van der Waals surface area contributed by atoms with E-state index in [-0.39, 0.29) is 31.5 Å². The minimum Gasteiger partial charge on any atom is -0.456 e. The summed E-state index contributed by atoms with van der Waals surface area (Å²) >= 11 is 0. The van der Waals surface area contributed by atoms with Crippen LogP contribution >= 0.6 is 7.82 Å². The first-order valence-electron chi connectivity index (χ1n) is 31.3. The lowest BCUT2D eigenvalue weighted by Gasteiger charge is -2.27. The van der Waals surface area contributed by atoms with Crippen molar-refractivity contribution >= 4 is 19.7 Å². The Balaban J connectivity index is 5.13. The minimum absolute atomic E-state index is 0.0348. The molecule has 3 unspecified atom stereocenters. The SMILES string of the molecule is CCCCC/C=C\C/C=C\C/C=C\C/C=C\CCCCCCCCCCCC(=O)NC(COP(=O)(O)OCC[N+](C)(C)C)C(/C=C\CCCCCCCCCCC)OC(=O)CCCCC/C=C\CCCCCCCC. The monoisotopic (exact) mass is 1070 g/mol. The number of unbranched alkanes of at least 4 members (excludes halogenated alkanes) is 30. The number of nitrogens with zero attached hydrogens (tertiary/aromatic N) is 1. The van der Waals surface area contributed by atoms with Crippen LogP contribution in [0, 0.1) is 0 Å². The van der Waals surface area contributed by atoms with Crippen molar-refractivity contribution in [3.05, 3.63) is 72.9 Å². The predicted molar refractivity (Wildman–Crippen MR) is 323 cm³/mol. The lowest BCUT2D eigenvalue weighted by molar-refractivity contribution is -0.870. The summed E-state index contributed by atoms with van der Waals surface area (Å²) in [6.07, 6.45) is 70.4. The average molecular weight is 1070 g/mol. The van der Waals surface area contributed by atoms with Crippen LogP contribution in [0.1, 0.15) is 278 Å². The molecule has 0 spiro atoms. The molecule has 0 aromatic heterocycles. The van der Waals surface area contributed by atoms with Crippen molar-refractivity contribution in [3.63, 3.8) is 0 Å². The van der Waals surface area contributed by atoms with Gasteiger partial charge < -0.3 is 19.4 Å². The normalized spacial score (nSPS) is 14.2. The van der Waals surface area contributed by atoms with E-state index in [1.807, 2.05) is 33.3 Å². The second-order valence-electron chi connectivity index (χ2n) is 22.2. The fraction of sp³-hybridized carbons (Fsp3) is 0.785. The summed E-state index contributed by atoms with van der Waals surface area (Å²) in [5, 5.41) is 3.05. The average Bonchev–Trinajstić information content (AvgIpc) is 3.37. The van der Waals surface area contributed by atoms with Crippen LogP contribution in [0.5, 0.6) is 0 Å². The Kier molecular flexibility index (Phi) is 52.9. The number of likely N-dealkylation sites (N-methyl/N-ethyl adjacent to an activating group) is 1. The third-order valence-electron chi connectivity index (χ3n) is 13.6. The third kappa shape index (κ3) is 56.0. The lowest BCUT2D eigenvalue weighted by Crippen LogP contribution is -2.47. The molecular formula is C65H120N2O7P+. The standard InChI is InChI=1S/C65H119N2O7P/c1-7-10-13-16-19-22-25-27-28-29-30-31-32-33-34-35-36-37-38-40-42-45-48-51-54-57-64(68)66-62(61-73-75(70,71)72-60-59-67(4,5)6)63(56-53-50-47-44-41-24-21-18-15-12-9-3)74-65(69)58-55-52-49-46-43-39-26-23-20-17-14-11-8-2/h19,22,27-28,30-31,33-34,39,43,53,56,62-63H,7-18,20-21,23-26,29,32,35-38,40-42,44-52,54-55,57-61H2,1-6H3,(H-,66,68,70,71)/p+1/b22-19-,28-27-,31-30-,34-33-,43-39-,56-53-. The number of esters is 1. The van der Waals surface area contributed by atoms with Crippen LogP contribution in [0.25, 0.3) is 0 Å². The van der Waals surface area contributed by atoms with E-state index in [1.165, 1.54) is 141 Å². The van der Waals surface area contributed by atoms with E-state index in [0.29, 0.717) is 23.9 Å². The molecule has 1 amide bonds. The van der Waals surface area contributed by atoms with Gasteiger partial charge >= 0.3 is 13.8 Å². The summed E-state index contributed by atoms with van der Waals surface area (Å²) < 4.78 is 30.6. The number of hydrogen-bond donors (Lipinski definition) is 2. The number of nitrogens with one attached hydrogen (secondary N) is 1. The molecule has 0 rings (SSSR count). The molecule has 0 aromatic carbocycles. The summed E-state index contributed by atoms with van der Waals surface area (Å²) in [5.74, 6) is -0.530. The maximum absolute atomic E-state index is 13.5. The maximum Gasteiger partial charge on any atom is 0.472 e. The van der Waals surface area contributed by atoms with Crippen molar-refractivity contribution in [1.82, 2.24) is 5.32 Å². The number of carbonyl (C=O) groups is 2. The third-order valence-corrected chi connectivity index (χ3v) is 14.6. The molecule has 0 saturated carbocycles. The van der Waals surface area contributed by atoms with Crippen molar-refractivity contribution in [2.45, 2.75) is 290 Å². The summed E-state index contributed by atoms with van der Waals surface area (Å²) in [7, 11) is 1.48. The van der Waals surface area contributed by atoms with Gasteiger partial charge in [-0.05, 0) is 102 Å². The van der Waals surface area contributed by atoms with Crippen LogP contribution in [0.4, 0.5) is 0 Å². The van der Waals surface area contributed by atoms with Crippen LogP contribution in [-0.2, 0) is 27.9 Å². The molecule has 0 saturated heterocycles. The van der Waals surface area contributed by atoms with Crippen LogP contribution in [0.15, 0.2) is 72.9 Å². The molecule has 0 radical (unpaired) electrons. The number of rotatable bonds is 56. The highest BCUT2D eigenvalue weighted by Gasteiger charge is 2.30. The van der Waals surface area contributed by atoms with Gasteiger partial charge in [-0.25, -0.2) is 4.57 Å². The van der Waals surface area contributed by atoms with Gasteiger partial charge in [0.05, 0.1) is 33.8 Å². The zero-order valence-electron chi connectivity index (χ0n) is 49.8. The van der Waals surface area contributed by atoms with Crippen molar-refractivity contribution in [1.29, 1.82) is 0 Å². The second-order valence-corrected chi connectivity index (χ2v) is 23.7. The Morgan fingerprint density at radius 2 is 0.813 bits per heavy atom. The lowest BCUT2D eigenvalue weighted by atomic mass is 10.0. The molecule has 0 aromatic rings. The van der Waals surface area contributed by atoms with E-state index in [2.05, 4.69) is 86.8 Å². The quantitative estimate of drug-likeness (QED) is 0.0205. The van der Waals surface area contributed by atoms with Gasteiger partial charge in [0, 0.05) is 12.8 Å². The molecule has 436 valence electrons. The maximum atomic E-state index is 13.5. The van der Waals surface area contributed by atoms with Gasteiger partial charge in [-0.3, -0.25) is 18.6 Å². The van der Waals surface area contributed by atoms with Crippen LogP contribution in [0.2, 0.25) is 0 Å². The molecule has 0 bridgehead atoms. The van der Waals surface area contributed by atoms with E-state index < -0.39 is 20.0 Å². The van der Waals surface area contributed by atoms with Crippen molar-refractivity contribution < 1.29 is 37.3 Å². The van der Waals surface area contributed by atoms with E-state index in [4.69, 9.17) is 13.8 Å². The number of hydrogen-bond acceptors (Lipinski definition) is 6. The van der Waals surface area contributed by atoms with Gasteiger partial charge in [0.15, 0.2) is 0 Å². The zero-order chi connectivity index (χ0) is 55.0. The van der Waals surface area contributed by atoms with Gasteiger partial charge in [0.1, 0.15) is 19.3 Å². The fourth-order valence-corrected chi connectivity index (χ4v) is 9.48. The van der Waals surface area contributed by atoms with E-state index in [0.717, 1.165) is 96.3 Å². The highest BCUT2D eigenvalue weighted by atomic mass is 31.2. The molecule has 75 heavy (non-hydrogen) atoms. The molecular weight excluding hydrogens is 952 g/mol. The number of phosphoric acid groups is 1. The number of phosphoric ester groups is 1. The summed E-state index contributed by atoms with van der Waals surface area (Å²) in [6, 6.07) is -0.859. The van der Waals surface area contributed by atoms with E-state index in [9.17, 15) is 19.0 Å². The van der Waals surface area contributed by atoms with Gasteiger partial charge in [0.25, 0.3) is 0 Å². The minimum atomic E-state index is -4.45. The highest BCUT2D eigenvalue weighted by molar-refractivity contribution is 7.47. The topological polar surface area (TPSA) is 111 Å². The van der Waals surface area contributed by atoms with E-state index in [1.54, 1.807) is 0 Å². The number of carbonyl (C=O) groups excluding carboxylic acids is 2. The van der Waals surface area contributed by atoms with Crippen molar-refractivity contribution in [2.75, 3.05) is 40.9 Å². The molecule has 3 atom stereocenters. The Morgan fingerprint density at radius 1 is 0.467 bits per heavy atom. The van der Waals surface area contributed by atoms with Crippen molar-refractivity contribution in [2.24, 2.45) is 0 Å². The van der Waals surface area contributed by atoms with Crippen LogP contribution < -0.4 is 5.32 Å². The van der Waals surface area contributed by atoms with Gasteiger partial charge in [0.2, 0.25) is 5.91 Å². The Labute approximate surface area is 463 Å². The zero-order valence-corrected chi connectivity index (χ0v) is 50.7. The first-order chi connectivity index (χ1) is 36.4. The van der Waals surface area contributed by atoms with Crippen LogP contribution in [0.3, 0.4) is 0 Å². The summed E-state index contributed by atoms with van der Waals surface area (Å²) in [4.78, 5) is 37.6. The molecule has 0 fully saturated rings. The predicted octanol–water partition coefficient (Wildman–Crippen LogP) is 19.2. The van der Waals surface area contributed by atoms with Crippen molar-refractivity contribution in [3.8, 4) is 0 Å². The van der Waals surface area contributed by atoms with E-state index >= 15 is 0 Å². The van der Waals surface area contributed by atoms with Gasteiger partial charge in [-0.2, -0.15) is 0 Å². The smallest absolute Gasteiger partial charge is 0.456 e. The molecule has 2 N–H and O–H groups in total. The molecule has 0 aliphatic carbocycles. The largest absolute Gasteiger partial charge is 0.472 e. The second kappa shape index (κ2) is 54.8.